The van der Waals surface area contributed by atoms with Crippen LogP contribution in [0.5, 0.6) is 0 Å². The van der Waals surface area contributed by atoms with E-state index < -0.39 is 11.4 Å². The summed E-state index contributed by atoms with van der Waals surface area (Å²) in [6, 6.07) is 5.08. The molecule has 1 heterocycles. The number of hydrogen-bond donors (Lipinski definition) is 3. The van der Waals surface area contributed by atoms with E-state index in [1.165, 1.54) is 0 Å². The third kappa shape index (κ3) is 3.63. The summed E-state index contributed by atoms with van der Waals surface area (Å²) in [5, 5.41) is 15.4. The molecule has 1 aliphatic heterocycles. The second-order valence-corrected chi connectivity index (χ2v) is 7.64. The molecule has 0 unspecified atom stereocenters. The lowest BCUT2D eigenvalue weighted by Gasteiger charge is -2.23. The van der Waals surface area contributed by atoms with Crippen molar-refractivity contribution in [2.75, 3.05) is 23.7 Å². The van der Waals surface area contributed by atoms with Crippen LogP contribution in [0.3, 0.4) is 0 Å². The SMILES string of the molecule is CCCC(=O)Nc1cccc(NC(=O)N2C[C@@H]3CCC[C@@]3(C(=O)O)C2)c1C. The van der Waals surface area contributed by atoms with Crippen LogP contribution in [0.1, 0.15) is 44.6 Å². The number of amides is 3. The van der Waals surface area contributed by atoms with E-state index in [0.717, 1.165) is 24.8 Å². The van der Waals surface area contributed by atoms with Crippen LogP contribution in [-0.4, -0.2) is 41.0 Å². The van der Waals surface area contributed by atoms with Crippen molar-refractivity contribution in [2.24, 2.45) is 11.3 Å². The fraction of sp³-hybridized carbons (Fsp3) is 0.550. The molecule has 0 bridgehead atoms. The van der Waals surface area contributed by atoms with Crippen molar-refractivity contribution < 1.29 is 19.5 Å². The van der Waals surface area contributed by atoms with E-state index in [4.69, 9.17) is 0 Å². The summed E-state index contributed by atoms with van der Waals surface area (Å²) < 4.78 is 0. The largest absolute Gasteiger partial charge is 0.481 e. The van der Waals surface area contributed by atoms with Gasteiger partial charge < -0.3 is 20.6 Å². The van der Waals surface area contributed by atoms with Crippen molar-refractivity contribution in [3.05, 3.63) is 23.8 Å². The van der Waals surface area contributed by atoms with Crippen LogP contribution in [0.2, 0.25) is 0 Å². The molecule has 3 amide bonds. The average molecular weight is 373 g/mol. The van der Waals surface area contributed by atoms with E-state index in [1.807, 2.05) is 13.8 Å². The van der Waals surface area contributed by atoms with Crippen LogP contribution in [0.4, 0.5) is 16.2 Å². The first-order valence-electron chi connectivity index (χ1n) is 9.56. The number of nitrogens with one attached hydrogen (secondary N) is 2. The Bertz CT molecular complexity index is 764. The number of rotatable bonds is 5. The smallest absolute Gasteiger partial charge is 0.321 e. The molecular formula is C20H27N3O4. The number of hydrogen-bond acceptors (Lipinski definition) is 3. The number of fused-ring (bicyclic) bond motifs is 1. The van der Waals surface area contributed by atoms with Gasteiger partial charge in [-0.1, -0.05) is 19.4 Å². The van der Waals surface area contributed by atoms with E-state index in [-0.39, 0.29) is 24.4 Å². The van der Waals surface area contributed by atoms with E-state index in [9.17, 15) is 19.5 Å². The Balaban J connectivity index is 1.70. The second-order valence-electron chi connectivity index (χ2n) is 7.64. The van der Waals surface area contributed by atoms with Gasteiger partial charge in [0.05, 0.1) is 5.41 Å². The van der Waals surface area contributed by atoms with Crippen LogP contribution in [0, 0.1) is 18.3 Å². The molecule has 0 spiro atoms. The number of carboxylic acid groups (broad SMARTS) is 1. The van der Waals surface area contributed by atoms with E-state index >= 15 is 0 Å². The number of carbonyl (C=O) groups excluding carboxylic acids is 2. The Hall–Kier alpha value is -2.57. The Morgan fingerprint density at radius 2 is 1.96 bits per heavy atom. The molecule has 1 aromatic rings. The van der Waals surface area contributed by atoms with Gasteiger partial charge in [0.15, 0.2) is 0 Å². The van der Waals surface area contributed by atoms with Gasteiger partial charge in [-0.05, 0) is 49.8 Å². The zero-order valence-electron chi connectivity index (χ0n) is 15.9. The Kier molecular flexibility index (Phi) is 5.39. The second kappa shape index (κ2) is 7.58. The minimum atomic E-state index is -0.794. The van der Waals surface area contributed by atoms with Crippen molar-refractivity contribution in [2.45, 2.75) is 46.0 Å². The summed E-state index contributed by atoms with van der Waals surface area (Å²) >= 11 is 0. The molecule has 2 atom stereocenters. The monoisotopic (exact) mass is 373 g/mol. The maximum Gasteiger partial charge on any atom is 0.321 e. The van der Waals surface area contributed by atoms with Crippen LogP contribution in [-0.2, 0) is 9.59 Å². The first kappa shape index (κ1) is 19.2. The van der Waals surface area contributed by atoms with Gasteiger partial charge >= 0.3 is 12.0 Å². The highest BCUT2D eigenvalue weighted by atomic mass is 16.4. The normalized spacial score (nSPS) is 23.8. The van der Waals surface area contributed by atoms with Crippen LogP contribution < -0.4 is 10.6 Å². The highest BCUT2D eigenvalue weighted by Crippen LogP contribution is 2.49. The van der Waals surface area contributed by atoms with E-state index in [2.05, 4.69) is 10.6 Å². The standard InChI is InChI=1S/C20H27N3O4/c1-3-6-17(24)21-15-8-4-9-16(13(15)2)22-19(27)23-11-14-7-5-10-20(14,12-23)18(25)26/h4,8-9,14H,3,5-7,10-12H2,1-2H3,(H,21,24)(H,22,27)(H,25,26)/t14-,20+/m0/s1. The molecule has 27 heavy (non-hydrogen) atoms. The zero-order chi connectivity index (χ0) is 19.6. The summed E-state index contributed by atoms with van der Waals surface area (Å²) in [6.07, 6.45) is 3.61. The molecule has 146 valence electrons. The molecule has 7 heteroatoms. The molecule has 0 radical (unpaired) electrons. The number of likely N-dealkylation sites (tertiary alicyclic amines) is 1. The third-order valence-electron chi connectivity index (χ3n) is 5.91. The lowest BCUT2D eigenvalue weighted by atomic mass is 9.81. The highest BCUT2D eigenvalue weighted by molar-refractivity contribution is 5.95. The van der Waals surface area contributed by atoms with Gasteiger partial charge in [0.1, 0.15) is 0 Å². The molecule has 3 rings (SSSR count). The third-order valence-corrected chi connectivity index (χ3v) is 5.91. The first-order chi connectivity index (χ1) is 12.9. The molecule has 1 aliphatic carbocycles. The number of benzene rings is 1. The molecule has 2 aliphatic rings. The minimum absolute atomic E-state index is 0.0292. The number of anilines is 2. The number of urea groups is 1. The zero-order valence-corrected chi connectivity index (χ0v) is 15.9. The van der Waals surface area contributed by atoms with Gasteiger partial charge in [0.2, 0.25) is 5.91 Å². The Morgan fingerprint density at radius 3 is 2.59 bits per heavy atom. The maximum atomic E-state index is 12.7. The van der Waals surface area contributed by atoms with Gasteiger partial charge in [-0.2, -0.15) is 0 Å². The number of carboxylic acids is 1. The molecule has 1 saturated carbocycles. The molecule has 2 fully saturated rings. The number of aliphatic carboxylic acids is 1. The van der Waals surface area contributed by atoms with Crippen molar-refractivity contribution in [3.8, 4) is 0 Å². The summed E-state index contributed by atoms with van der Waals surface area (Å²) in [6.45, 7) is 4.52. The Labute approximate surface area is 159 Å². The average Bonchev–Trinajstić information content (AvgIpc) is 3.17. The lowest BCUT2D eigenvalue weighted by Crippen LogP contribution is -2.38. The van der Waals surface area contributed by atoms with Crippen molar-refractivity contribution >= 4 is 29.3 Å². The van der Waals surface area contributed by atoms with E-state index in [0.29, 0.717) is 30.8 Å². The Morgan fingerprint density at radius 1 is 1.26 bits per heavy atom. The van der Waals surface area contributed by atoms with E-state index in [1.54, 1.807) is 23.1 Å². The molecule has 7 nitrogen and oxygen atoms in total. The minimum Gasteiger partial charge on any atom is -0.481 e. The summed E-state index contributed by atoms with van der Waals surface area (Å²) in [5.41, 5.74) is 1.28. The fourth-order valence-corrected chi connectivity index (χ4v) is 4.33. The molecule has 1 aromatic carbocycles. The maximum absolute atomic E-state index is 12.7. The highest BCUT2D eigenvalue weighted by Gasteiger charge is 2.55. The molecular weight excluding hydrogens is 346 g/mol. The number of nitrogens with zero attached hydrogens (tertiary/aromatic N) is 1. The predicted octanol–water partition coefficient (Wildman–Crippen LogP) is 3.45. The fourth-order valence-electron chi connectivity index (χ4n) is 4.33. The first-order valence-corrected chi connectivity index (χ1v) is 9.56. The molecule has 3 N–H and O–H groups in total. The predicted molar refractivity (Wildman–Crippen MR) is 103 cm³/mol. The van der Waals surface area contributed by atoms with Gasteiger partial charge in [0.25, 0.3) is 0 Å². The summed E-state index contributed by atoms with van der Waals surface area (Å²) in [5.74, 6) is -0.821. The van der Waals surface area contributed by atoms with Gasteiger partial charge in [-0.15, -0.1) is 0 Å². The van der Waals surface area contributed by atoms with Crippen LogP contribution in [0.15, 0.2) is 18.2 Å². The van der Waals surface area contributed by atoms with Crippen LogP contribution in [0.25, 0.3) is 0 Å². The van der Waals surface area contributed by atoms with Gasteiger partial charge in [-0.25, -0.2) is 4.79 Å². The summed E-state index contributed by atoms with van der Waals surface area (Å²) in [4.78, 5) is 38.0. The molecule has 1 saturated heterocycles. The topological polar surface area (TPSA) is 98.7 Å². The molecule has 0 aromatic heterocycles. The quantitative estimate of drug-likeness (QED) is 0.736. The number of carbonyl (C=O) groups is 3. The lowest BCUT2D eigenvalue weighted by molar-refractivity contribution is -0.149. The van der Waals surface area contributed by atoms with Crippen molar-refractivity contribution in [1.82, 2.24) is 4.90 Å². The van der Waals surface area contributed by atoms with Crippen molar-refractivity contribution in [1.29, 1.82) is 0 Å². The van der Waals surface area contributed by atoms with Gasteiger partial charge in [0, 0.05) is 30.9 Å². The summed E-state index contributed by atoms with van der Waals surface area (Å²) in [7, 11) is 0. The van der Waals surface area contributed by atoms with Gasteiger partial charge in [-0.3, -0.25) is 9.59 Å². The van der Waals surface area contributed by atoms with Crippen LogP contribution >= 0.6 is 0 Å². The van der Waals surface area contributed by atoms with Crippen molar-refractivity contribution in [3.63, 3.8) is 0 Å².